The number of rotatable bonds is 3. The predicted molar refractivity (Wildman–Crippen MR) is 76.2 cm³/mol. The summed E-state index contributed by atoms with van der Waals surface area (Å²) in [4.78, 5) is 13.0. The molecule has 1 amide bonds. The van der Waals surface area contributed by atoms with Crippen LogP contribution in [-0.4, -0.2) is 29.0 Å². The summed E-state index contributed by atoms with van der Waals surface area (Å²) < 4.78 is -1.47. The average Bonchev–Trinajstić information content (AvgIpc) is 2.51. The fourth-order valence-corrected chi connectivity index (χ4v) is 2.82. The normalized spacial score (nSPS) is 20.6. The van der Waals surface area contributed by atoms with Crippen molar-refractivity contribution in [2.45, 2.75) is 49.5 Å². The highest BCUT2D eigenvalue weighted by Crippen LogP contribution is 2.28. The van der Waals surface area contributed by atoms with Crippen LogP contribution in [0.3, 0.4) is 0 Å². The monoisotopic (exact) mass is 315 g/mol. The Morgan fingerprint density at radius 3 is 2.00 bits per heavy atom. The zero-order valence-electron chi connectivity index (χ0n) is 10.9. The molecule has 6 heteroatoms. The summed E-state index contributed by atoms with van der Waals surface area (Å²) in [6.07, 6.45) is 4.20. The van der Waals surface area contributed by atoms with Crippen molar-refractivity contribution >= 4 is 40.7 Å². The molecule has 3 nitrogen and oxygen atoms in total. The quantitative estimate of drug-likeness (QED) is 0.766. The number of halogens is 3. The van der Waals surface area contributed by atoms with Gasteiger partial charge < -0.3 is 10.2 Å². The number of carbonyl (C=O) groups is 1. The number of carbonyl (C=O) groups excluding carboxylic acids is 1. The van der Waals surface area contributed by atoms with Crippen molar-refractivity contribution in [3.05, 3.63) is 0 Å². The number of amides is 1. The fourth-order valence-electron chi connectivity index (χ4n) is 2.20. The average molecular weight is 317 g/mol. The third-order valence-corrected chi connectivity index (χ3v) is 3.95. The second-order valence-electron chi connectivity index (χ2n) is 5.21. The minimum absolute atomic E-state index is 0.0666. The van der Waals surface area contributed by atoms with Gasteiger partial charge in [-0.3, -0.25) is 4.79 Å². The molecule has 1 aliphatic rings. The number of hydrogen-bond donors (Lipinski definition) is 2. The van der Waals surface area contributed by atoms with E-state index >= 15 is 0 Å². The van der Waals surface area contributed by atoms with Gasteiger partial charge in [0, 0.05) is 5.92 Å². The van der Waals surface area contributed by atoms with Crippen molar-refractivity contribution in [2.24, 2.45) is 5.92 Å². The molecule has 0 aromatic carbocycles. The van der Waals surface area contributed by atoms with E-state index in [2.05, 4.69) is 5.32 Å². The molecule has 0 spiro atoms. The van der Waals surface area contributed by atoms with Crippen LogP contribution < -0.4 is 10.2 Å². The van der Waals surface area contributed by atoms with Crippen LogP contribution in [0, 0.1) is 5.92 Å². The Morgan fingerprint density at radius 1 is 1.11 bits per heavy atom. The van der Waals surface area contributed by atoms with E-state index in [-0.39, 0.29) is 11.8 Å². The van der Waals surface area contributed by atoms with Gasteiger partial charge in [-0.25, -0.2) is 0 Å². The molecule has 0 radical (unpaired) electrons. The summed E-state index contributed by atoms with van der Waals surface area (Å²) >= 11 is 18.1. The molecule has 0 aliphatic carbocycles. The molecule has 106 valence electrons. The topological polar surface area (TPSA) is 33.5 Å². The Hall–Kier alpha value is 0.300. The lowest BCUT2D eigenvalue weighted by Crippen LogP contribution is -3.19. The van der Waals surface area contributed by atoms with Crippen LogP contribution in [0.2, 0.25) is 0 Å². The summed E-state index contributed by atoms with van der Waals surface area (Å²) in [7, 11) is 0. The van der Waals surface area contributed by atoms with Crippen LogP contribution in [0.5, 0.6) is 0 Å². The van der Waals surface area contributed by atoms with Crippen molar-refractivity contribution in [3.63, 3.8) is 0 Å². The van der Waals surface area contributed by atoms with Gasteiger partial charge in [-0.2, -0.15) is 0 Å². The Kier molecular flexibility index (Phi) is 6.52. The van der Waals surface area contributed by atoms with E-state index < -0.39 is 9.96 Å². The van der Waals surface area contributed by atoms with Gasteiger partial charge in [-0.05, 0) is 25.7 Å². The summed E-state index contributed by atoms with van der Waals surface area (Å²) in [6.45, 7) is 5.55. The Morgan fingerprint density at radius 2 is 1.61 bits per heavy atom. The first-order valence-corrected chi connectivity index (χ1v) is 7.67. The van der Waals surface area contributed by atoms with Crippen molar-refractivity contribution < 1.29 is 9.69 Å². The van der Waals surface area contributed by atoms with Gasteiger partial charge in [0.05, 0.1) is 13.1 Å². The number of hydrogen-bond acceptors (Lipinski definition) is 1. The minimum Gasteiger partial charge on any atom is -0.312 e. The first-order valence-electron chi connectivity index (χ1n) is 6.54. The maximum atomic E-state index is 11.8. The highest BCUT2D eigenvalue weighted by molar-refractivity contribution is 6.68. The van der Waals surface area contributed by atoms with E-state index in [0.717, 1.165) is 25.9 Å². The second-order valence-corrected chi connectivity index (χ2v) is 7.58. The second kappa shape index (κ2) is 7.18. The van der Waals surface area contributed by atoms with Crippen molar-refractivity contribution in [1.29, 1.82) is 0 Å². The number of likely N-dealkylation sites (tertiary alicyclic amines) is 1. The molecular formula is C12H22Cl3N2O+. The molecule has 1 aliphatic heterocycles. The largest absolute Gasteiger partial charge is 0.312 e. The molecule has 0 bridgehead atoms. The Labute approximate surface area is 124 Å². The SMILES string of the molecule is CC(C)C(=O)N[C@H]([NH+]1CCCCCC1)C(Cl)(Cl)Cl. The highest BCUT2D eigenvalue weighted by atomic mass is 35.6. The van der Waals surface area contributed by atoms with Crippen LogP contribution in [0.25, 0.3) is 0 Å². The number of quaternary nitrogens is 1. The summed E-state index contributed by atoms with van der Waals surface area (Å²) in [6, 6.07) is 0. The molecule has 0 aromatic heterocycles. The molecule has 1 atom stereocenters. The van der Waals surface area contributed by atoms with Crippen molar-refractivity contribution in [2.75, 3.05) is 13.1 Å². The minimum atomic E-state index is -1.47. The van der Waals surface area contributed by atoms with Gasteiger partial charge in [0.2, 0.25) is 12.1 Å². The molecule has 0 saturated carbocycles. The van der Waals surface area contributed by atoms with E-state index in [4.69, 9.17) is 34.8 Å². The molecule has 18 heavy (non-hydrogen) atoms. The molecule has 1 fully saturated rings. The van der Waals surface area contributed by atoms with Gasteiger partial charge >= 0.3 is 0 Å². The molecule has 0 unspecified atom stereocenters. The van der Waals surface area contributed by atoms with Gasteiger partial charge in [-0.15, -0.1) is 0 Å². The van der Waals surface area contributed by atoms with E-state index in [0.29, 0.717) is 0 Å². The van der Waals surface area contributed by atoms with Crippen LogP contribution in [0.15, 0.2) is 0 Å². The summed E-state index contributed by atoms with van der Waals surface area (Å²) in [5.41, 5.74) is 0. The van der Waals surface area contributed by atoms with Crippen LogP contribution in [0.1, 0.15) is 39.5 Å². The van der Waals surface area contributed by atoms with Gasteiger partial charge in [0.1, 0.15) is 0 Å². The molecule has 1 saturated heterocycles. The van der Waals surface area contributed by atoms with Crippen molar-refractivity contribution in [3.8, 4) is 0 Å². The number of nitrogens with one attached hydrogen (secondary N) is 2. The Balaban J connectivity index is 2.74. The van der Waals surface area contributed by atoms with E-state index in [1.807, 2.05) is 13.8 Å². The first-order chi connectivity index (χ1) is 8.32. The zero-order chi connectivity index (χ0) is 13.8. The third kappa shape index (κ3) is 5.12. The zero-order valence-corrected chi connectivity index (χ0v) is 13.2. The summed E-state index contributed by atoms with van der Waals surface area (Å²) in [5, 5.41) is 2.88. The standard InChI is InChI=1S/C12H21Cl3N2O/c1-9(2)10(18)16-11(12(13,14)15)17-7-5-3-4-6-8-17/h9,11H,3-8H2,1-2H3,(H,16,18)/p+1/t11-/m1/s1. The fraction of sp³-hybridized carbons (Fsp3) is 0.917. The van der Waals surface area contributed by atoms with E-state index in [9.17, 15) is 4.79 Å². The van der Waals surface area contributed by atoms with Crippen LogP contribution in [0.4, 0.5) is 0 Å². The molecular weight excluding hydrogens is 295 g/mol. The van der Waals surface area contributed by atoms with Gasteiger partial charge in [0.25, 0.3) is 3.79 Å². The number of alkyl halides is 3. The van der Waals surface area contributed by atoms with E-state index in [1.54, 1.807) is 0 Å². The maximum Gasteiger partial charge on any atom is 0.262 e. The predicted octanol–water partition coefficient (Wildman–Crippen LogP) is 1.91. The molecule has 2 N–H and O–H groups in total. The van der Waals surface area contributed by atoms with Crippen molar-refractivity contribution in [1.82, 2.24) is 5.32 Å². The lowest BCUT2D eigenvalue weighted by atomic mass is 10.2. The third-order valence-electron chi connectivity index (χ3n) is 3.29. The van der Waals surface area contributed by atoms with Crippen LogP contribution in [-0.2, 0) is 4.79 Å². The summed E-state index contributed by atoms with van der Waals surface area (Å²) in [5.74, 6) is -0.172. The molecule has 0 aromatic rings. The van der Waals surface area contributed by atoms with Gasteiger partial charge in [-0.1, -0.05) is 48.7 Å². The lowest BCUT2D eigenvalue weighted by Gasteiger charge is -2.33. The smallest absolute Gasteiger partial charge is 0.262 e. The van der Waals surface area contributed by atoms with E-state index in [1.165, 1.54) is 17.7 Å². The molecule has 1 rings (SSSR count). The first kappa shape index (κ1) is 16.4. The van der Waals surface area contributed by atoms with Crippen LogP contribution >= 0.6 is 34.8 Å². The lowest BCUT2D eigenvalue weighted by molar-refractivity contribution is -0.926. The van der Waals surface area contributed by atoms with Gasteiger partial charge in [0.15, 0.2) is 0 Å². The molecule has 1 heterocycles. The Bertz CT molecular complexity index is 271. The highest BCUT2D eigenvalue weighted by Gasteiger charge is 2.42. The maximum absolute atomic E-state index is 11.8.